The Morgan fingerprint density at radius 3 is 2.52 bits per heavy atom. The van der Waals surface area contributed by atoms with Crippen molar-refractivity contribution in [1.29, 1.82) is 0 Å². The molecule has 3 rings (SSSR count). The van der Waals surface area contributed by atoms with E-state index in [4.69, 9.17) is 0 Å². The van der Waals surface area contributed by atoms with Crippen LogP contribution in [0.25, 0.3) is 0 Å². The van der Waals surface area contributed by atoms with E-state index in [1.807, 2.05) is 0 Å². The lowest BCUT2D eigenvalue weighted by molar-refractivity contribution is -0.275. The van der Waals surface area contributed by atoms with Crippen molar-refractivity contribution in [2.24, 2.45) is 5.92 Å². The molecule has 0 saturated heterocycles. The molecular formula is C19H19F4N3O3. The van der Waals surface area contributed by atoms with Crippen molar-refractivity contribution in [1.82, 2.24) is 15.3 Å². The summed E-state index contributed by atoms with van der Waals surface area (Å²) in [5.74, 6) is -2.44. The first-order valence-corrected chi connectivity index (χ1v) is 9.01. The topological polar surface area (TPSA) is 84.1 Å². The van der Waals surface area contributed by atoms with E-state index >= 15 is 0 Å². The van der Waals surface area contributed by atoms with E-state index in [1.54, 1.807) is 13.8 Å². The third-order valence-electron chi connectivity index (χ3n) is 4.45. The van der Waals surface area contributed by atoms with Crippen LogP contribution in [0.4, 0.5) is 17.6 Å². The summed E-state index contributed by atoms with van der Waals surface area (Å²) in [4.78, 5) is 31.2. The molecule has 1 heterocycles. The number of nitrogens with one attached hydrogen (secondary N) is 2. The van der Waals surface area contributed by atoms with E-state index in [-0.39, 0.29) is 23.1 Å². The van der Waals surface area contributed by atoms with E-state index in [1.165, 1.54) is 6.07 Å². The number of amides is 1. The van der Waals surface area contributed by atoms with Crippen LogP contribution in [0.3, 0.4) is 0 Å². The summed E-state index contributed by atoms with van der Waals surface area (Å²) in [5, 5.41) is 2.67. The van der Waals surface area contributed by atoms with Gasteiger partial charge >= 0.3 is 6.36 Å². The molecule has 6 nitrogen and oxygen atoms in total. The molecule has 1 aromatic carbocycles. The van der Waals surface area contributed by atoms with Crippen molar-refractivity contribution in [3.8, 4) is 5.75 Å². The van der Waals surface area contributed by atoms with Gasteiger partial charge < -0.3 is 15.0 Å². The zero-order valence-electron chi connectivity index (χ0n) is 15.6. The van der Waals surface area contributed by atoms with Crippen LogP contribution in [-0.2, 0) is 0 Å². The minimum absolute atomic E-state index is 0.0706. The van der Waals surface area contributed by atoms with Gasteiger partial charge in [-0.1, -0.05) is 19.9 Å². The largest absolute Gasteiger partial charge is 0.573 e. The molecule has 156 valence electrons. The Morgan fingerprint density at radius 2 is 1.97 bits per heavy atom. The first-order valence-electron chi connectivity index (χ1n) is 9.01. The van der Waals surface area contributed by atoms with Crippen LogP contribution in [0.15, 0.2) is 29.1 Å². The second-order valence-electron chi connectivity index (χ2n) is 7.22. The van der Waals surface area contributed by atoms with Gasteiger partial charge in [0.25, 0.3) is 11.5 Å². The molecule has 1 aliphatic carbocycles. The summed E-state index contributed by atoms with van der Waals surface area (Å²) in [6, 6.07) is 3.33. The van der Waals surface area contributed by atoms with E-state index in [2.05, 4.69) is 20.0 Å². The lowest BCUT2D eigenvalue weighted by Crippen LogP contribution is -2.33. The van der Waals surface area contributed by atoms with Crippen molar-refractivity contribution < 1.29 is 27.1 Å². The third-order valence-corrected chi connectivity index (χ3v) is 4.45. The Labute approximate surface area is 163 Å². The molecular weight excluding hydrogens is 394 g/mol. The van der Waals surface area contributed by atoms with Gasteiger partial charge in [0.15, 0.2) is 11.6 Å². The maximum atomic E-state index is 14.1. The fraction of sp³-hybridized carbons (Fsp3) is 0.421. The third kappa shape index (κ3) is 5.33. The number of ether oxygens (including phenoxy) is 1. The molecule has 0 radical (unpaired) electrons. The van der Waals surface area contributed by atoms with Crippen molar-refractivity contribution in [2.45, 2.75) is 45.0 Å². The molecule has 2 N–H and O–H groups in total. The van der Waals surface area contributed by atoms with Gasteiger partial charge in [-0.2, -0.15) is 0 Å². The van der Waals surface area contributed by atoms with E-state index in [0.717, 1.165) is 31.0 Å². The van der Waals surface area contributed by atoms with Crippen LogP contribution in [0.2, 0.25) is 0 Å². The summed E-state index contributed by atoms with van der Waals surface area (Å²) in [6.07, 6.45) is -3.25. The molecule has 2 aromatic rings. The number of benzene rings is 1. The van der Waals surface area contributed by atoms with Gasteiger partial charge in [-0.05, 0) is 36.5 Å². The summed E-state index contributed by atoms with van der Waals surface area (Å²) in [6.45, 7) is 3.51. The number of nitrogens with zero attached hydrogens (tertiary/aromatic N) is 1. The second-order valence-corrected chi connectivity index (χ2v) is 7.22. The number of hydrogen-bond acceptors (Lipinski definition) is 4. The van der Waals surface area contributed by atoms with Crippen molar-refractivity contribution in [3.05, 3.63) is 57.5 Å². The van der Waals surface area contributed by atoms with Crippen molar-refractivity contribution in [3.63, 3.8) is 0 Å². The van der Waals surface area contributed by atoms with Crippen LogP contribution in [0, 0.1) is 11.7 Å². The van der Waals surface area contributed by atoms with Crippen LogP contribution < -0.4 is 15.6 Å². The van der Waals surface area contributed by atoms with Crippen LogP contribution in [0.1, 0.15) is 60.5 Å². The number of aromatic nitrogens is 2. The Bertz CT molecular complexity index is 968. The Hall–Kier alpha value is -2.91. The van der Waals surface area contributed by atoms with Gasteiger partial charge in [-0.3, -0.25) is 9.59 Å². The van der Waals surface area contributed by atoms with Gasteiger partial charge in [0.2, 0.25) is 0 Å². The summed E-state index contributed by atoms with van der Waals surface area (Å²) in [5.41, 5.74) is -0.265. The van der Waals surface area contributed by atoms with Gasteiger partial charge in [-0.15, -0.1) is 13.2 Å². The minimum Gasteiger partial charge on any atom is -0.403 e. The maximum absolute atomic E-state index is 14.1. The minimum atomic E-state index is -5.01. The lowest BCUT2D eigenvalue weighted by Gasteiger charge is -2.23. The van der Waals surface area contributed by atoms with E-state index < -0.39 is 35.4 Å². The predicted molar refractivity (Wildman–Crippen MR) is 95.0 cm³/mol. The molecule has 1 fully saturated rings. The van der Waals surface area contributed by atoms with Crippen LogP contribution in [0.5, 0.6) is 5.75 Å². The number of rotatable bonds is 6. The van der Waals surface area contributed by atoms with E-state index in [0.29, 0.717) is 5.82 Å². The smallest absolute Gasteiger partial charge is 0.403 e. The molecule has 1 aliphatic rings. The second kappa shape index (κ2) is 7.84. The normalized spacial score (nSPS) is 15.3. The molecule has 10 heteroatoms. The Morgan fingerprint density at radius 1 is 1.28 bits per heavy atom. The molecule has 0 spiro atoms. The molecule has 29 heavy (non-hydrogen) atoms. The van der Waals surface area contributed by atoms with Crippen LogP contribution in [-0.4, -0.2) is 22.2 Å². The fourth-order valence-corrected chi connectivity index (χ4v) is 2.91. The predicted octanol–water partition coefficient (Wildman–Crippen LogP) is 3.81. The van der Waals surface area contributed by atoms with Crippen molar-refractivity contribution >= 4 is 5.91 Å². The zero-order valence-corrected chi connectivity index (χ0v) is 15.6. The van der Waals surface area contributed by atoms with Crippen molar-refractivity contribution in [2.75, 3.05) is 0 Å². The van der Waals surface area contributed by atoms with Crippen LogP contribution >= 0.6 is 0 Å². The number of carbonyl (C=O) groups is 1. The first kappa shape index (κ1) is 20.8. The van der Waals surface area contributed by atoms with E-state index in [9.17, 15) is 27.2 Å². The molecule has 1 amide bonds. The molecule has 1 atom stereocenters. The number of carbonyl (C=O) groups excluding carboxylic acids is 1. The van der Waals surface area contributed by atoms with Gasteiger partial charge in [-0.25, -0.2) is 9.37 Å². The zero-order chi connectivity index (χ0) is 21.3. The highest BCUT2D eigenvalue weighted by Gasteiger charge is 2.33. The lowest BCUT2D eigenvalue weighted by atomic mass is 9.95. The highest BCUT2D eigenvalue weighted by atomic mass is 19.4. The highest BCUT2D eigenvalue weighted by molar-refractivity contribution is 5.92. The quantitative estimate of drug-likeness (QED) is 0.706. The molecule has 1 saturated carbocycles. The average molecular weight is 413 g/mol. The Kier molecular flexibility index (Phi) is 5.63. The first-order chi connectivity index (χ1) is 13.5. The molecule has 1 unspecified atom stereocenters. The maximum Gasteiger partial charge on any atom is 0.573 e. The van der Waals surface area contributed by atoms with Gasteiger partial charge in [0.05, 0.1) is 6.04 Å². The number of alkyl halides is 3. The molecule has 0 aliphatic heterocycles. The average Bonchev–Trinajstić information content (AvgIpc) is 3.44. The summed E-state index contributed by atoms with van der Waals surface area (Å²) in [7, 11) is 0. The number of halogens is 4. The Balaban J connectivity index is 1.83. The summed E-state index contributed by atoms with van der Waals surface area (Å²) >= 11 is 0. The standard InChI is InChI=1S/C19H19F4N3O3/c1-9(2)16(11-5-6-14(12(20)7-11)29-19(21,22)23)26-18(28)13-8-15(27)25-17(24-13)10-3-4-10/h5-10,16H,3-4H2,1-2H3,(H,26,28)(H,24,25,27). The molecule has 1 aromatic heterocycles. The molecule has 0 bridgehead atoms. The number of aromatic amines is 1. The number of hydrogen-bond donors (Lipinski definition) is 2. The fourth-order valence-electron chi connectivity index (χ4n) is 2.91. The monoisotopic (exact) mass is 413 g/mol. The van der Waals surface area contributed by atoms with Gasteiger partial charge in [0, 0.05) is 12.0 Å². The van der Waals surface area contributed by atoms with Gasteiger partial charge in [0.1, 0.15) is 11.5 Å². The summed E-state index contributed by atoms with van der Waals surface area (Å²) < 4.78 is 54.6. The number of H-pyrrole nitrogens is 1. The highest BCUT2D eigenvalue weighted by Crippen LogP contribution is 2.37. The SMILES string of the molecule is CC(C)C(NC(=O)c1cc(=O)[nH]c(C2CC2)n1)c1ccc(OC(F)(F)F)c(F)c1.